The molecule has 4 atom stereocenters. The number of carbonyl (C=O) groups excluding carboxylic acids is 1. The molecular formula is C15H17NO3. The highest BCUT2D eigenvalue weighted by atomic mass is 16.4. The zero-order valence-corrected chi connectivity index (χ0v) is 10.6. The number of anilines is 1. The van der Waals surface area contributed by atoms with Crippen molar-refractivity contribution in [1.82, 2.24) is 0 Å². The van der Waals surface area contributed by atoms with Gasteiger partial charge in [-0.15, -0.1) is 0 Å². The standard InChI is InChI=1S/C15H17NO3/c17-14(16-11-4-2-1-3-5-11)12-9-6-7-10(8-9)13(12)15(18)19/h1-5,9-10,12-13H,6-8H2,(H,16,17)(H,18,19)/t9-,10+,12-,13+/m0/s1. The first kappa shape index (κ1) is 12.2. The molecule has 0 heterocycles. The van der Waals surface area contributed by atoms with Gasteiger partial charge in [0.2, 0.25) is 5.91 Å². The van der Waals surface area contributed by atoms with Gasteiger partial charge in [0, 0.05) is 5.69 Å². The molecule has 0 aromatic heterocycles. The van der Waals surface area contributed by atoms with Crippen LogP contribution in [0, 0.1) is 23.7 Å². The number of aliphatic carboxylic acids is 1. The van der Waals surface area contributed by atoms with Gasteiger partial charge < -0.3 is 10.4 Å². The summed E-state index contributed by atoms with van der Waals surface area (Å²) in [6.45, 7) is 0. The van der Waals surface area contributed by atoms with Crippen LogP contribution in [0.2, 0.25) is 0 Å². The number of hydrogen-bond donors (Lipinski definition) is 2. The minimum absolute atomic E-state index is 0.134. The van der Waals surface area contributed by atoms with Gasteiger partial charge in [0.1, 0.15) is 0 Å². The fourth-order valence-electron chi connectivity index (χ4n) is 3.77. The normalized spacial score (nSPS) is 32.2. The molecule has 1 aromatic carbocycles. The molecule has 1 amide bonds. The zero-order valence-electron chi connectivity index (χ0n) is 10.6. The van der Waals surface area contributed by atoms with Crippen LogP contribution in [0.15, 0.2) is 30.3 Å². The number of hydrogen-bond acceptors (Lipinski definition) is 2. The highest BCUT2D eigenvalue weighted by Crippen LogP contribution is 2.52. The van der Waals surface area contributed by atoms with E-state index in [0.29, 0.717) is 0 Å². The Bertz CT molecular complexity index is 499. The lowest BCUT2D eigenvalue weighted by Crippen LogP contribution is -2.37. The van der Waals surface area contributed by atoms with Crippen LogP contribution >= 0.6 is 0 Å². The molecule has 0 aliphatic heterocycles. The molecule has 2 fully saturated rings. The van der Waals surface area contributed by atoms with Crippen LogP contribution in [-0.4, -0.2) is 17.0 Å². The van der Waals surface area contributed by atoms with Crippen molar-refractivity contribution >= 4 is 17.6 Å². The van der Waals surface area contributed by atoms with Crippen LogP contribution in [0.1, 0.15) is 19.3 Å². The van der Waals surface area contributed by atoms with E-state index in [2.05, 4.69) is 5.32 Å². The van der Waals surface area contributed by atoms with Crippen molar-refractivity contribution in [2.24, 2.45) is 23.7 Å². The Morgan fingerprint density at radius 1 is 1.05 bits per heavy atom. The number of nitrogens with one attached hydrogen (secondary N) is 1. The van der Waals surface area contributed by atoms with Gasteiger partial charge in [-0.25, -0.2) is 0 Å². The molecule has 0 radical (unpaired) electrons. The van der Waals surface area contributed by atoms with Crippen molar-refractivity contribution in [3.63, 3.8) is 0 Å². The van der Waals surface area contributed by atoms with Crippen LogP contribution in [0.25, 0.3) is 0 Å². The summed E-state index contributed by atoms with van der Waals surface area (Å²) in [4.78, 5) is 23.7. The molecule has 2 aliphatic rings. The third-order valence-corrected chi connectivity index (χ3v) is 4.55. The summed E-state index contributed by atoms with van der Waals surface area (Å²) < 4.78 is 0. The number of carbonyl (C=O) groups is 2. The second kappa shape index (κ2) is 4.68. The molecule has 0 unspecified atom stereocenters. The SMILES string of the molecule is O=C(O)[C@@H]1[C@@H]2CC[C@@H](C2)[C@@H]1C(=O)Nc1ccccc1. The van der Waals surface area contributed by atoms with E-state index in [1.807, 2.05) is 30.3 Å². The third-order valence-electron chi connectivity index (χ3n) is 4.55. The summed E-state index contributed by atoms with van der Waals surface area (Å²) in [5.74, 6) is -1.38. The van der Waals surface area contributed by atoms with Gasteiger partial charge >= 0.3 is 5.97 Å². The monoisotopic (exact) mass is 259 g/mol. The predicted octanol–water partition coefficient (Wildman–Crippen LogP) is 2.37. The Balaban J connectivity index is 1.77. The van der Waals surface area contributed by atoms with Crippen molar-refractivity contribution in [2.45, 2.75) is 19.3 Å². The summed E-state index contributed by atoms with van der Waals surface area (Å²) in [7, 11) is 0. The first-order valence-corrected chi connectivity index (χ1v) is 6.75. The molecule has 100 valence electrons. The average Bonchev–Trinajstić information content (AvgIpc) is 2.99. The van der Waals surface area contributed by atoms with Crippen LogP contribution in [0.5, 0.6) is 0 Å². The van der Waals surface area contributed by atoms with E-state index >= 15 is 0 Å². The van der Waals surface area contributed by atoms with Gasteiger partial charge in [0.25, 0.3) is 0 Å². The maximum atomic E-state index is 12.3. The number of benzene rings is 1. The molecule has 2 aliphatic carbocycles. The molecule has 4 nitrogen and oxygen atoms in total. The third kappa shape index (κ3) is 2.11. The van der Waals surface area contributed by atoms with Crippen molar-refractivity contribution in [3.8, 4) is 0 Å². The number of para-hydroxylation sites is 1. The van der Waals surface area contributed by atoms with Crippen LogP contribution in [0.3, 0.4) is 0 Å². The van der Waals surface area contributed by atoms with Crippen LogP contribution < -0.4 is 5.32 Å². The van der Waals surface area contributed by atoms with Gasteiger partial charge in [0.15, 0.2) is 0 Å². The molecular weight excluding hydrogens is 242 g/mol. The first-order valence-electron chi connectivity index (χ1n) is 6.75. The van der Waals surface area contributed by atoms with Gasteiger partial charge in [-0.1, -0.05) is 18.2 Å². The average molecular weight is 259 g/mol. The van der Waals surface area contributed by atoms with E-state index in [-0.39, 0.29) is 23.7 Å². The molecule has 3 rings (SSSR count). The number of carboxylic acids is 1. The highest BCUT2D eigenvalue weighted by Gasteiger charge is 2.53. The number of amides is 1. The Kier molecular flexibility index (Phi) is 3.01. The van der Waals surface area contributed by atoms with Gasteiger partial charge in [-0.3, -0.25) is 9.59 Å². The molecule has 4 heteroatoms. The maximum absolute atomic E-state index is 12.3. The summed E-state index contributed by atoms with van der Waals surface area (Å²) in [6.07, 6.45) is 2.84. The Labute approximate surface area is 111 Å². The van der Waals surface area contributed by atoms with E-state index in [1.54, 1.807) is 0 Å². The minimum atomic E-state index is -0.819. The van der Waals surface area contributed by atoms with E-state index in [4.69, 9.17) is 0 Å². The molecule has 0 spiro atoms. The highest BCUT2D eigenvalue weighted by molar-refractivity contribution is 5.95. The maximum Gasteiger partial charge on any atom is 0.307 e. The van der Waals surface area contributed by atoms with Crippen molar-refractivity contribution in [2.75, 3.05) is 5.32 Å². The molecule has 2 N–H and O–H groups in total. The zero-order chi connectivity index (χ0) is 13.4. The largest absolute Gasteiger partial charge is 0.481 e. The first-order chi connectivity index (χ1) is 9.16. The minimum Gasteiger partial charge on any atom is -0.481 e. The van der Waals surface area contributed by atoms with Gasteiger partial charge in [-0.2, -0.15) is 0 Å². The molecule has 2 bridgehead atoms. The lowest BCUT2D eigenvalue weighted by molar-refractivity contribution is -0.148. The fourth-order valence-corrected chi connectivity index (χ4v) is 3.77. The summed E-state index contributed by atoms with van der Waals surface area (Å²) in [5, 5.41) is 12.2. The molecule has 1 aromatic rings. The smallest absolute Gasteiger partial charge is 0.307 e. The molecule has 19 heavy (non-hydrogen) atoms. The Morgan fingerprint density at radius 3 is 2.32 bits per heavy atom. The van der Waals surface area contributed by atoms with Gasteiger partial charge in [0.05, 0.1) is 11.8 Å². The van der Waals surface area contributed by atoms with Crippen molar-refractivity contribution in [1.29, 1.82) is 0 Å². The molecule has 2 saturated carbocycles. The van der Waals surface area contributed by atoms with Crippen LogP contribution in [-0.2, 0) is 9.59 Å². The van der Waals surface area contributed by atoms with Crippen molar-refractivity contribution < 1.29 is 14.7 Å². The second-order valence-corrected chi connectivity index (χ2v) is 5.58. The summed E-state index contributed by atoms with van der Waals surface area (Å²) >= 11 is 0. The number of carboxylic acid groups (broad SMARTS) is 1. The van der Waals surface area contributed by atoms with E-state index < -0.39 is 11.9 Å². The Hall–Kier alpha value is -1.84. The lowest BCUT2D eigenvalue weighted by Gasteiger charge is -2.27. The second-order valence-electron chi connectivity index (χ2n) is 5.58. The Morgan fingerprint density at radius 2 is 1.68 bits per heavy atom. The van der Waals surface area contributed by atoms with Crippen LogP contribution in [0.4, 0.5) is 5.69 Å². The van der Waals surface area contributed by atoms with E-state index in [1.165, 1.54) is 0 Å². The van der Waals surface area contributed by atoms with Gasteiger partial charge in [-0.05, 0) is 43.2 Å². The quantitative estimate of drug-likeness (QED) is 0.875. The topological polar surface area (TPSA) is 66.4 Å². The summed E-state index contributed by atoms with van der Waals surface area (Å²) in [6, 6.07) is 9.23. The lowest BCUT2D eigenvalue weighted by atomic mass is 9.78. The number of fused-ring (bicyclic) bond motifs is 2. The van der Waals surface area contributed by atoms with Crippen molar-refractivity contribution in [3.05, 3.63) is 30.3 Å². The summed E-state index contributed by atoms with van der Waals surface area (Å²) in [5.41, 5.74) is 0.736. The van der Waals surface area contributed by atoms with E-state index in [0.717, 1.165) is 24.9 Å². The van der Waals surface area contributed by atoms with E-state index in [9.17, 15) is 14.7 Å². The number of rotatable bonds is 3. The predicted molar refractivity (Wildman–Crippen MR) is 70.5 cm³/mol. The molecule has 0 saturated heterocycles. The fraction of sp³-hybridized carbons (Fsp3) is 0.467.